The van der Waals surface area contributed by atoms with Crippen LogP contribution in [-0.4, -0.2) is 38.3 Å². The summed E-state index contributed by atoms with van der Waals surface area (Å²) < 4.78 is 5.39. The number of methoxy groups -OCH3 is 1. The summed E-state index contributed by atoms with van der Waals surface area (Å²) in [5.74, 6) is -0.0837. The lowest BCUT2D eigenvalue weighted by Crippen LogP contribution is -2.54. The second-order valence-electron chi connectivity index (χ2n) is 4.63. The van der Waals surface area contributed by atoms with Crippen LogP contribution in [0.5, 0.6) is 0 Å². The van der Waals surface area contributed by atoms with Gasteiger partial charge in [0, 0.05) is 19.7 Å². The van der Waals surface area contributed by atoms with Crippen molar-refractivity contribution >= 4 is 24.4 Å². The summed E-state index contributed by atoms with van der Waals surface area (Å²) in [5.41, 5.74) is 1.02. The van der Waals surface area contributed by atoms with Crippen molar-refractivity contribution in [3.05, 3.63) is 42.0 Å². The molecule has 5 heteroatoms. The van der Waals surface area contributed by atoms with E-state index < -0.39 is 0 Å². The van der Waals surface area contributed by atoms with Gasteiger partial charge in [-0.2, -0.15) is 0 Å². The van der Waals surface area contributed by atoms with Gasteiger partial charge in [-0.25, -0.2) is 0 Å². The molecule has 1 aromatic carbocycles. The third kappa shape index (κ3) is 4.96. The van der Waals surface area contributed by atoms with Crippen LogP contribution >= 0.6 is 12.4 Å². The third-order valence-electron chi connectivity index (χ3n) is 3.28. The molecule has 2 rings (SSSR count). The number of rotatable bonds is 4. The van der Waals surface area contributed by atoms with Gasteiger partial charge >= 0.3 is 0 Å². The standard InChI is InChI=1S/C15H20N2O2.ClH/c1-19-14-9-10-16-11-13(14)17-15(18)8-7-12-5-3-2-4-6-12;/h2-8,13-14,16H,9-11H2,1H3,(H,17,18);1H/b8-7+;/t13-,14+;/m0./s1. The predicted molar refractivity (Wildman–Crippen MR) is 82.9 cm³/mol. The van der Waals surface area contributed by atoms with Crippen LogP contribution in [0, 0.1) is 0 Å². The smallest absolute Gasteiger partial charge is 0.244 e. The number of carbonyl (C=O) groups excluding carboxylic acids is 1. The van der Waals surface area contributed by atoms with Gasteiger partial charge in [-0.1, -0.05) is 30.3 Å². The van der Waals surface area contributed by atoms with Crippen molar-refractivity contribution in [3.63, 3.8) is 0 Å². The molecular formula is C15H21ClN2O2. The molecule has 0 unspecified atom stereocenters. The molecule has 0 spiro atoms. The molecule has 0 aromatic heterocycles. The number of amides is 1. The van der Waals surface area contributed by atoms with Crippen LogP contribution in [0.1, 0.15) is 12.0 Å². The Hall–Kier alpha value is -1.36. The van der Waals surface area contributed by atoms with Crippen molar-refractivity contribution in [1.82, 2.24) is 10.6 Å². The molecule has 0 saturated carbocycles. The predicted octanol–water partition coefficient (Wildman–Crippen LogP) is 1.61. The minimum atomic E-state index is -0.0837. The molecular weight excluding hydrogens is 276 g/mol. The van der Waals surface area contributed by atoms with E-state index in [2.05, 4.69) is 10.6 Å². The molecule has 0 aliphatic carbocycles. The number of nitrogens with one attached hydrogen (secondary N) is 2. The van der Waals surface area contributed by atoms with E-state index in [1.165, 1.54) is 0 Å². The summed E-state index contributed by atoms with van der Waals surface area (Å²) >= 11 is 0. The maximum Gasteiger partial charge on any atom is 0.244 e. The summed E-state index contributed by atoms with van der Waals surface area (Å²) in [5, 5.41) is 6.24. The molecule has 1 heterocycles. The summed E-state index contributed by atoms with van der Waals surface area (Å²) in [6.07, 6.45) is 4.39. The molecule has 1 saturated heterocycles. The van der Waals surface area contributed by atoms with E-state index in [0.29, 0.717) is 0 Å². The van der Waals surface area contributed by atoms with E-state index in [9.17, 15) is 4.79 Å². The lowest BCUT2D eigenvalue weighted by molar-refractivity contribution is -0.118. The van der Waals surface area contributed by atoms with Crippen molar-refractivity contribution in [2.75, 3.05) is 20.2 Å². The van der Waals surface area contributed by atoms with E-state index in [1.54, 1.807) is 13.2 Å². The first-order valence-electron chi connectivity index (χ1n) is 6.57. The average Bonchev–Trinajstić information content (AvgIpc) is 2.47. The number of carbonyl (C=O) groups is 1. The van der Waals surface area contributed by atoms with Crippen molar-refractivity contribution in [1.29, 1.82) is 0 Å². The maximum atomic E-state index is 11.9. The Bertz CT molecular complexity index is 437. The highest BCUT2D eigenvalue weighted by molar-refractivity contribution is 5.91. The Labute approximate surface area is 126 Å². The number of hydrogen-bond donors (Lipinski definition) is 2. The van der Waals surface area contributed by atoms with E-state index in [4.69, 9.17) is 4.74 Å². The van der Waals surface area contributed by atoms with Gasteiger partial charge in [-0.3, -0.25) is 4.79 Å². The van der Waals surface area contributed by atoms with Crippen molar-refractivity contribution in [3.8, 4) is 0 Å². The van der Waals surface area contributed by atoms with Crippen LogP contribution in [-0.2, 0) is 9.53 Å². The quantitative estimate of drug-likeness (QED) is 0.830. The number of halogens is 1. The first kappa shape index (κ1) is 16.7. The van der Waals surface area contributed by atoms with Crippen LogP contribution in [0.15, 0.2) is 36.4 Å². The fraction of sp³-hybridized carbons (Fsp3) is 0.400. The SMILES string of the molecule is CO[C@@H]1CCNC[C@@H]1NC(=O)/C=C/c1ccccc1.Cl. The van der Waals surface area contributed by atoms with Gasteiger partial charge < -0.3 is 15.4 Å². The zero-order chi connectivity index (χ0) is 13.5. The van der Waals surface area contributed by atoms with Crippen LogP contribution in [0.4, 0.5) is 0 Å². The summed E-state index contributed by atoms with van der Waals surface area (Å²) in [7, 11) is 1.69. The Morgan fingerprint density at radius 3 is 2.85 bits per heavy atom. The topological polar surface area (TPSA) is 50.4 Å². The van der Waals surface area contributed by atoms with Gasteiger partial charge in [-0.15, -0.1) is 12.4 Å². The van der Waals surface area contributed by atoms with Crippen LogP contribution in [0.3, 0.4) is 0 Å². The fourth-order valence-electron chi connectivity index (χ4n) is 2.23. The second kappa shape index (κ2) is 8.74. The highest BCUT2D eigenvalue weighted by atomic mass is 35.5. The van der Waals surface area contributed by atoms with Crippen LogP contribution < -0.4 is 10.6 Å². The van der Waals surface area contributed by atoms with Crippen LogP contribution in [0.2, 0.25) is 0 Å². The van der Waals surface area contributed by atoms with Crippen molar-refractivity contribution in [2.24, 2.45) is 0 Å². The fourth-order valence-corrected chi connectivity index (χ4v) is 2.23. The Morgan fingerprint density at radius 1 is 1.40 bits per heavy atom. The molecule has 0 bridgehead atoms. The van der Waals surface area contributed by atoms with Crippen molar-refractivity contribution < 1.29 is 9.53 Å². The van der Waals surface area contributed by atoms with Gasteiger partial charge in [0.25, 0.3) is 0 Å². The Morgan fingerprint density at radius 2 is 2.15 bits per heavy atom. The molecule has 0 radical (unpaired) electrons. The first-order valence-corrected chi connectivity index (χ1v) is 6.57. The average molecular weight is 297 g/mol. The lowest BCUT2D eigenvalue weighted by Gasteiger charge is -2.31. The largest absolute Gasteiger partial charge is 0.379 e. The molecule has 110 valence electrons. The van der Waals surface area contributed by atoms with Gasteiger partial charge in [-0.05, 0) is 24.6 Å². The summed E-state index contributed by atoms with van der Waals surface area (Å²) in [6.45, 7) is 1.69. The van der Waals surface area contributed by atoms with Gasteiger partial charge in [0.1, 0.15) is 0 Å². The highest BCUT2D eigenvalue weighted by Gasteiger charge is 2.25. The van der Waals surface area contributed by atoms with E-state index in [1.807, 2.05) is 36.4 Å². The number of benzene rings is 1. The first-order chi connectivity index (χ1) is 9.29. The molecule has 1 amide bonds. The molecule has 1 aliphatic heterocycles. The second-order valence-corrected chi connectivity index (χ2v) is 4.63. The minimum Gasteiger partial charge on any atom is -0.379 e. The molecule has 2 atom stereocenters. The number of ether oxygens (including phenoxy) is 1. The molecule has 4 nitrogen and oxygen atoms in total. The monoisotopic (exact) mass is 296 g/mol. The molecule has 20 heavy (non-hydrogen) atoms. The zero-order valence-corrected chi connectivity index (χ0v) is 12.4. The molecule has 1 fully saturated rings. The number of hydrogen-bond acceptors (Lipinski definition) is 3. The van der Waals surface area contributed by atoms with Crippen LogP contribution in [0.25, 0.3) is 6.08 Å². The lowest BCUT2D eigenvalue weighted by atomic mass is 10.0. The van der Waals surface area contributed by atoms with Gasteiger partial charge in [0.05, 0.1) is 12.1 Å². The number of piperidine rings is 1. The maximum absolute atomic E-state index is 11.9. The Kier molecular flexibility index (Phi) is 7.30. The van der Waals surface area contributed by atoms with Gasteiger partial charge in [0.15, 0.2) is 0 Å². The molecule has 1 aromatic rings. The van der Waals surface area contributed by atoms with Gasteiger partial charge in [0.2, 0.25) is 5.91 Å². The van der Waals surface area contributed by atoms with E-state index >= 15 is 0 Å². The zero-order valence-electron chi connectivity index (χ0n) is 11.5. The van der Waals surface area contributed by atoms with E-state index in [-0.39, 0.29) is 30.5 Å². The third-order valence-corrected chi connectivity index (χ3v) is 3.28. The summed E-state index contributed by atoms with van der Waals surface area (Å²) in [4.78, 5) is 11.9. The minimum absolute atomic E-state index is 0. The van der Waals surface area contributed by atoms with E-state index in [0.717, 1.165) is 25.1 Å². The van der Waals surface area contributed by atoms with Crippen molar-refractivity contribution in [2.45, 2.75) is 18.6 Å². The summed E-state index contributed by atoms with van der Waals surface area (Å²) in [6, 6.07) is 9.81. The molecule has 1 aliphatic rings. The normalized spacial score (nSPS) is 22.2. The molecule has 2 N–H and O–H groups in total. The highest BCUT2D eigenvalue weighted by Crippen LogP contribution is 2.07. The Balaban J connectivity index is 0.00000200.